The van der Waals surface area contributed by atoms with Gasteiger partial charge in [-0.05, 0) is 37.1 Å². The minimum atomic E-state index is -3.69. The van der Waals surface area contributed by atoms with Gasteiger partial charge in [0.05, 0.1) is 5.41 Å². The number of nitrogens with one attached hydrogen (secondary N) is 1. The van der Waals surface area contributed by atoms with E-state index in [-0.39, 0.29) is 6.54 Å². The molecule has 0 fully saturated rings. The first-order valence-corrected chi connectivity index (χ1v) is 8.28. The molecule has 0 spiro atoms. The molecule has 1 unspecified atom stereocenters. The molecule has 0 heterocycles. The summed E-state index contributed by atoms with van der Waals surface area (Å²) in [4.78, 5) is 11.1. The maximum absolute atomic E-state index is 11.8. The molecule has 21 heavy (non-hydrogen) atoms. The Bertz CT molecular complexity index is 625. The van der Waals surface area contributed by atoms with Crippen molar-refractivity contribution in [2.45, 2.75) is 20.3 Å². The lowest BCUT2D eigenvalue weighted by Crippen LogP contribution is -2.39. The first kappa shape index (κ1) is 17.7. The molecule has 116 valence electrons. The van der Waals surface area contributed by atoms with Crippen LogP contribution in [0.5, 0.6) is 0 Å². The van der Waals surface area contributed by atoms with E-state index in [0.717, 1.165) is 5.41 Å². The van der Waals surface area contributed by atoms with Gasteiger partial charge in [0.25, 0.3) is 0 Å². The highest BCUT2D eigenvalue weighted by Gasteiger charge is 2.31. The number of carbonyl (C=O) groups is 1. The van der Waals surface area contributed by atoms with Gasteiger partial charge in [-0.25, -0.2) is 13.1 Å². The average molecular weight is 332 g/mol. The second kappa shape index (κ2) is 7.06. The third kappa shape index (κ3) is 5.49. The second-order valence-electron chi connectivity index (χ2n) is 4.94. The molecule has 1 aromatic carbocycles. The summed E-state index contributed by atoms with van der Waals surface area (Å²) >= 11 is 5.74. The molecule has 7 heteroatoms. The first-order valence-electron chi connectivity index (χ1n) is 6.35. The van der Waals surface area contributed by atoms with Crippen LogP contribution in [0.25, 0.3) is 6.08 Å². The van der Waals surface area contributed by atoms with E-state index in [4.69, 9.17) is 16.7 Å². The van der Waals surface area contributed by atoms with E-state index < -0.39 is 21.4 Å². The number of carboxylic acid groups (broad SMARTS) is 1. The summed E-state index contributed by atoms with van der Waals surface area (Å²) in [6.07, 6.45) is 1.74. The fourth-order valence-corrected chi connectivity index (χ4v) is 2.48. The Labute approximate surface area is 129 Å². The van der Waals surface area contributed by atoms with Crippen molar-refractivity contribution in [3.63, 3.8) is 0 Å². The topological polar surface area (TPSA) is 83.5 Å². The molecule has 1 aromatic rings. The maximum Gasteiger partial charge on any atom is 0.310 e. The maximum atomic E-state index is 11.8. The molecule has 0 aliphatic heterocycles. The molecule has 0 aromatic heterocycles. The Morgan fingerprint density at radius 1 is 1.38 bits per heavy atom. The van der Waals surface area contributed by atoms with Gasteiger partial charge < -0.3 is 5.11 Å². The van der Waals surface area contributed by atoms with Crippen LogP contribution in [0.1, 0.15) is 25.8 Å². The van der Waals surface area contributed by atoms with Gasteiger partial charge in [-0.1, -0.05) is 30.7 Å². The molecule has 0 saturated heterocycles. The molecule has 0 saturated carbocycles. The van der Waals surface area contributed by atoms with Crippen LogP contribution in [0.2, 0.25) is 5.02 Å². The van der Waals surface area contributed by atoms with Crippen LogP contribution in [0, 0.1) is 5.41 Å². The number of hydrogen-bond acceptors (Lipinski definition) is 3. The van der Waals surface area contributed by atoms with E-state index >= 15 is 0 Å². The van der Waals surface area contributed by atoms with Gasteiger partial charge in [0.15, 0.2) is 0 Å². The van der Waals surface area contributed by atoms with Crippen LogP contribution in [0.4, 0.5) is 0 Å². The van der Waals surface area contributed by atoms with Crippen LogP contribution in [-0.2, 0) is 14.8 Å². The summed E-state index contributed by atoms with van der Waals surface area (Å²) in [6.45, 7) is 3.04. The molecule has 0 aliphatic carbocycles. The highest BCUT2D eigenvalue weighted by atomic mass is 35.5. The van der Waals surface area contributed by atoms with Crippen molar-refractivity contribution in [3.8, 4) is 0 Å². The van der Waals surface area contributed by atoms with Gasteiger partial charge >= 0.3 is 5.97 Å². The van der Waals surface area contributed by atoms with Crippen LogP contribution in [0.3, 0.4) is 0 Å². The number of sulfonamides is 1. The Morgan fingerprint density at radius 3 is 2.43 bits per heavy atom. The summed E-state index contributed by atoms with van der Waals surface area (Å²) in [5, 5.41) is 10.7. The predicted octanol–water partition coefficient (Wildman–Crippen LogP) is 2.73. The van der Waals surface area contributed by atoms with E-state index in [0.29, 0.717) is 17.0 Å². The SMILES string of the molecule is CCC(C)(CNS(=O)(=O)/C=C/c1ccc(Cl)cc1)C(=O)O. The number of rotatable bonds is 7. The average Bonchev–Trinajstić information content (AvgIpc) is 2.44. The molecular weight excluding hydrogens is 314 g/mol. The molecule has 0 aliphatic rings. The lowest BCUT2D eigenvalue weighted by Gasteiger charge is -2.22. The molecular formula is C14H18ClNO4S. The Balaban J connectivity index is 2.74. The van der Waals surface area contributed by atoms with Crippen LogP contribution in [-0.4, -0.2) is 26.0 Å². The predicted molar refractivity (Wildman–Crippen MR) is 83.4 cm³/mol. The van der Waals surface area contributed by atoms with Gasteiger partial charge in [0, 0.05) is 17.0 Å². The smallest absolute Gasteiger partial charge is 0.310 e. The van der Waals surface area contributed by atoms with Gasteiger partial charge in [-0.3, -0.25) is 4.79 Å². The Hall–Kier alpha value is -1.37. The molecule has 0 amide bonds. The van der Waals surface area contributed by atoms with E-state index in [1.807, 2.05) is 0 Å². The van der Waals surface area contributed by atoms with E-state index in [1.165, 1.54) is 13.0 Å². The zero-order chi connectivity index (χ0) is 16.1. The zero-order valence-electron chi connectivity index (χ0n) is 11.8. The highest BCUT2D eigenvalue weighted by molar-refractivity contribution is 7.92. The molecule has 5 nitrogen and oxygen atoms in total. The van der Waals surface area contributed by atoms with Crippen molar-refractivity contribution < 1.29 is 18.3 Å². The van der Waals surface area contributed by atoms with E-state index in [1.54, 1.807) is 31.2 Å². The summed E-state index contributed by atoms with van der Waals surface area (Å²) in [6, 6.07) is 6.67. The monoisotopic (exact) mass is 331 g/mol. The quantitative estimate of drug-likeness (QED) is 0.804. The first-order chi connectivity index (χ1) is 9.68. The molecule has 1 rings (SSSR count). The number of hydrogen-bond donors (Lipinski definition) is 2. The fraction of sp³-hybridized carbons (Fsp3) is 0.357. The summed E-state index contributed by atoms with van der Waals surface area (Å²) in [7, 11) is -3.69. The summed E-state index contributed by atoms with van der Waals surface area (Å²) in [5.41, 5.74) is -0.442. The number of aliphatic carboxylic acids is 1. The molecule has 1 atom stereocenters. The van der Waals surface area contributed by atoms with E-state index in [9.17, 15) is 13.2 Å². The second-order valence-corrected chi connectivity index (χ2v) is 7.03. The van der Waals surface area contributed by atoms with Crippen LogP contribution < -0.4 is 4.72 Å². The fourth-order valence-electron chi connectivity index (χ4n) is 1.40. The van der Waals surface area contributed by atoms with Gasteiger partial charge in [0.2, 0.25) is 10.0 Å². The van der Waals surface area contributed by atoms with Crippen molar-refractivity contribution >= 4 is 33.7 Å². The number of benzene rings is 1. The van der Waals surface area contributed by atoms with Gasteiger partial charge in [-0.2, -0.15) is 0 Å². The minimum absolute atomic E-state index is 0.161. The highest BCUT2D eigenvalue weighted by Crippen LogP contribution is 2.20. The number of carboxylic acids is 1. The van der Waals surface area contributed by atoms with Crippen molar-refractivity contribution in [2.24, 2.45) is 5.41 Å². The summed E-state index contributed by atoms with van der Waals surface area (Å²) < 4.78 is 26.0. The van der Waals surface area contributed by atoms with Crippen molar-refractivity contribution in [1.29, 1.82) is 0 Å². The van der Waals surface area contributed by atoms with Crippen LogP contribution >= 0.6 is 11.6 Å². The van der Waals surface area contributed by atoms with Crippen LogP contribution in [0.15, 0.2) is 29.7 Å². The Kier molecular flexibility index (Phi) is 5.95. The van der Waals surface area contributed by atoms with Gasteiger partial charge in [0.1, 0.15) is 0 Å². The standard InChI is InChI=1S/C14H18ClNO4S/c1-3-14(2,13(17)18)10-16-21(19,20)9-8-11-4-6-12(15)7-5-11/h4-9,16H,3,10H2,1-2H3,(H,17,18)/b9-8+. The third-order valence-corrected chi connectivity index (χ3v) is 4.56. The van der Waals surface area contributed by atoms with Crippen molar-refractivity contribution in [3.05, 3.63) is 40.3 Å². The zero-order valence-corrected chi connectivity index (χ0v) is 13.4. The normalized spacial score (nSPS) is 15.0. The van der Waals surface area contributed by atoms with Gasteiger partial charge in [-0.15, -0.1) is 0 Å². The third-order valence-electron chi connectivity index (χ3n) is 3.27. The lowest BCUT2D eigenvalue weighted by atomic mass is 9.88. The molecule has 0 bridgehead atoms. The lowest BCUT2D eigenvalue weighted by molar-refractivity contribution is -0.147. The minimum Gasteiger partial charge on any atom is -0.481 e. The molecule has 2 N–H and O–H groups in total. The Morgan fingerprint density at radius 2 is 1.95 bits per heavy atom. The summed E-state index contributed by atoms with van der Waals surface area (Å²) in [5.74, 6) is -1.03. The van der Waals surface area contributed by atoms with Crippen molar-refractivity contribution in [2.75, 3.05) is 6.54 Å². The van der Waals surface area contributed by atoms with Crippen molar-refractivity contribution in [1.82, 2.24) is 4.72 Å². The molecule has 0 radical (unpaired) electrons. The van der Waals surface area contributed by atoms with E-state index in [2.05, 4.69) is 4.72 Å². The largest absolute Gasteiger partial charge is 0.481 e. The number of halogens is 1.